The molecule has 0 N–H and O–H groups in total. The van der Waals surface area contributed by atoms with E-state index in [9.17, 15) is 0 Å². The van der Waals surface area contributed by atoms with Crippen LogP contribution >= 0.6 is 0 Å². The van der Waals surface area contributed by atoms with Crippen LogP contribution in [0, 0.1) is 11.8 Å². The van der Waals surface area contributed by atoms with Gasteiger partial charge in [0.2, 0.25) is 11.8 Å². The summed E-state index contributed by atoms with van der Waals surface area (Å²) in [7, 11) is 4.03. The second-order valence-electron chi connectivity index (χ2n) is 7.89. The Hall–Kier alpha value is -2.11. The van der Waals surface area contributed by atoms with Gasteiger partial charge in [0.15, 0.2) is 0 Å². The first kappa shape index (κ1) is 19.6. The van der Waals surface area contributed by atoms with E-state index in [1.54, 1.807) is 0 Å². The number of hydrogen-bond acceptors (Lipinski definition) is 6. The highest BCUT2D eigenvalue weighted by Gasteiger charge is 2.28. The maximum atomic E-state index is 5.89. The Morgan fingerprint density at radius 2 is 1.37 bits per heavy atom. The molecule has 0 unspecified atom stereocenters. The number of anilines is 1. The fourth-order valence-corrected chi connectivity index (χ4v) is 3.18. The van der Waals surface area contributed by atoms with E-state index >= 15 is 0 Å². The van der Waals surface area contributed by atoms with Crippen LogP contribution in [0.5, 0.6) is 0 Å². The third-order valence-electron chi connectivity index (χ3n) is 5.71. The zero-order valence-corrected chi connectivity index (χ0v) is 17.4. The molecule has 1 aromatic heterocycles. The summed E-state index contributed by atoms with van der Waals surface area (Å²) in [6.07, 6.45) is 2.17. The van der Waals surface area contributed by atoms with Crippen LogP contribution < -0.4 is 4.90 Å². The molecule has 3 heterocycles. The van der Waals surface area contributed by atoms with Crippen LogP contribution in [-0.4, -0.2) is 56.2 Å². The normalized spacial score (nSPS) is 23.9. The van der Waals surface area contributed by atoms with Crippen molar-refractivity contribution in [1.82, 2.24) is 4.98 Å². The molecular weight excluding hydrogens is 340 g/mol. The first-order valence-corrected chi connectivity index (χ1v) is 10.0. The Labute approximate surface area is 162 Å². The molecule has 4 atom stereocenters. The van der Waals surface area contributed by atoms with Gasteiger partial charge in [-0.3, -0.25) is 0 Å². The molecular formula is C21H32N4O2. The number of hydrogen-bond donors (Lipinski definition) is 0. The van der Waals surface area contributed by atoms with Crippen molar-refractivity contribution in [1.29, 1.82) is 0 Å². The maximum absolute atomic E-state index is 5.89. The average Bonchev–Trinajstić information content (AvgIpc) is 3.36. The molecule has 0 fully saturated rings. The van der Waals surface area contributed by atoms with Gasteiger partial charge in [-0.15, -0.1) is 0 Å². The van der Waals surface area contributed by atoms with Crippen molar-refractivity contribution in [3.8, 4) is 0 Å². The zero-order valence-electron chi connectivity index (χ0n) is 17.4. The van der Waals surface area contributed by atoms with Crippen LogP contribution in [0.4, 0.5) is 5.69 Å². The largest absolute Gasteiger partial charge is 0.474 e. The minimum atomic E-state index is 0.202. The quantitative estimate of drug-likeness (QED) is 0.735. The highest BCUT2D eigenvalue weighted by Crippen LogP contribution is 2.24. The molecule has 0 aliphatic carbocycles. The highest BCUT2D eigenvalue weighted by molar-refractivity contribution is 5.98. The van der Waals surface area contributed by atoms with E-state index in [1.807, 2.05) is 26.2 Å². The topological polar surface area (TPSA) is 59.3 Å². The summed E-state index contributed by atoms with van der Waals surface area (Å²) in [5.74, 6) is 2.25. The van der Waals surface area contributed by atoms with E-state index in [0.717, 1.165) is 29.9 Å². The Kier molecular flexibility index (Phi) is 6.02. The standard InChI is InChI=1S/C21H32N4O2/c1-7-13(3)18-11-26-20(23-18)16-9-15(25(5)6)10-17(22-16)21-24-19(12-27-21)14(4)8-2/h9-10,13-14,18-19H,7-8,11-12H2,1-6H3/t13-,14+,18-,19-/m1/s1. The fraction of sp³-hybridized carbons (Fsp3) is 0.667. The van der Waals surface area contributed by atoms with Gasteiger partial charge in [-0.25, -0.2) is 15.0 Å². The number of nitrogens with zero attached hydrogens (tertiary/aromatic N) is 4. The lowest BCUT2D eigenvalue weighted by atomic mass is 10.0. The van der Waals surface area contributed by atoms with Crippen LogP contribution in [0.3, 0.4) is 0 Å². The lowest BCUT2D eigenvalue weighted by molar-refractivity contribution is 0.281. The van der Waals surface area contributed by atoms with E-state index in [4.69, 9.17) is 24.4 Å². The van der Waals surface area contributed by atoms with Crippen molar-refractivity contribution >= 4 is 17.5 Å². The van der Waals surface area contributed by atoms with Gasteiger partial charge in [-0.05, 0) is 24.0 Å². The summed E-state index contributed by atoms with van der Waals surface area (Å²) in [5.41, 5.74) is 2.53. The summed E-state index contributed by atoms with van der Waals surface area (Å²) in [6, 6.07) is 4.44. The van der Waals surface area contributed by atoms with E-state index in [0.29, 0.717) is 36.8 Å². The minimum absolute atomic E-state index is 0.202. The van der Waals surface area contributed by atoms with Gasteiger partial charge >= 0.3 is 0 Å². The van der Waals surface area contributed by atoms with Crippen LogP contribution in [0.25, 0.3) is 0 Å². The third kappa shape index (κ3) is 4.25. The average molecular weight is 373 g/mol. The number of aromatic nitrogens is 1. The number of ether oxygens (including phenoxy) is 2. The monoisotopic (exact) mass is 372 g/mol. The Balaban J connectivity index is 1.93. The SMILES string of the molecule is CC[C@@H](C)[C@H]1COC(c2cc(N(C)C)cc(C3=N[C@@H]([C@@H](C)CC)CO3)n2)=N1. The lowest BCUT2D eigenvalue weighted by Crippen LogP contribution is -2.16. The lowest BCUT2D eigenvalue weighted by Gasteiger charge is -2.15. The van der Waals surface area contributed by atoms with Crippen molar-refractivity contribution < 1.29 is 9.47 Å². The number of aliphatic imine (C=N–C) groups is 2. The smallest absolute Gasteiger partial charge is 0.235 e. The van der Waals surface area contributed by atoms with Crippen LogP contribution in [0.2, 0.25) is 0 Å². The molecule has 0 saturated heterocycles. The molecule has 0 aromatic carbocycles. The summed E-state index contributed by atoms with van der Waals surface area (Å²) < 4.78 is 11.8. The van der Waals surface area contributed by atoms with Crippen molar-refractivity contribution in [2.75, 3.05) is 32.2 Å². The number of rotatable bonds is 7. The van der Waals surface area contributed by atoms with Gasteiger partial charge in [0, 0.05) is 19.8 Å². The molecule has 0 amide bonds. The predicted octanol–water partition coefficient (Wildman–Crippen LogP) is 3.53. The summed E-state index contributed by atoms with van der Waals surface area (Å²) >= 11 is 0. The molecule has 6 heteroatoms. The zero-order chi connectivity index (χ0) is 19.6. The molecule has 1 aromatic rings. The summed E-state index contributed by atoms with van der Waals surface area (Å²) in [4.78, 5) is 16.4. The summed E-state index contributed by atoms with van der Waals surface area (Å²) in [5, 5.41) is 0. The molecule has 0 bridgehead atoms. The van der Waals surface area contributed by atoms with E-state index in [1.165, 1.54) is 0 Å². The molecule has 2 aliphatic heterocycles. The van der Waals surface area contributed by atoms with Gasteiger partial charge in [0.05, 0.1) is 12.1 Å². The molecule has 6 nitrogen and oxygen atoms in total. The number of pyridine rings is 1. The Morgan fingerprint density at radius 3 is 1.74 bits per heavy atom. The van der Waals surface area contributed by atoms with Gasteiger partial charge in [0.25, 0.3) is 0 Å². The first-order chi connectivity index (χ1) is 12.9. The fourth-order valence-electron chi connectivity index (χ4n) is 3.18. The summed E-state index contributed by atoms with van der Waals surface area (Å²) in [6.45, 7) is 10.1. The van der Waals surface area contributed by atoms with Crippen molar-refractivity contribution in [2.24, 2.45) is 21.8 Å². The Bertz CT molecular complexity index is 675. The highest BCUT2D eigenvalue weighted by atomic mass is 16.5. The van der Waals surface area contributed by atoms with Crippen molar-refractivity contribution in [3.63, 3.8) is 0 Å². The maximum Gasteiger partial charge on any atom is 0.235 e. The molecule has 27 heavy (non-hydrogen) atoms. The van der Waals surface area contributed by atoms with E-state index < -0.39 is 0 Å². The molecule has 0 radical (unpaired) electrons. The van der Waals surface area contributed by atoms with Crippen molar-refractivity contribution in [2.45, 2.75) is 52.6 Å². The Morgan fingerprint density at radius 1 is 0.926 bits per heavy atom. The molecule has 2 aliphatic rings. The molecule has 0 spiro atoms. The van der Waals surface area contributed by atoms with E-state index in [2.05, 4.69) is 32.6 Å². The second-order valence-corrected chi connectivity index (χ2v) is 7.89. The molecule has 3 rings (SSSR count). The van der Waals surface area contributed by atoms with Crippen molar-refractivity contribution in [3.05, 3.63) is 23.5 Å². The van der Waals surface area contributed by atoms with Gasteiger partial charge in [-0.1, -0.05) is 40.5 Å². The van der Waals surface area contributed by atoms with Crippen LogP contribution in [0.1, 0.15) is 51.9 Å². The first-order valence-electron chi connectivity index (χ1n) is 10.0. The van der Waals surface area contributed by atoms with Crippen LogP contribution in [0.15, 0.2) is 22.1 Å². The molecule has 148 valence electrons. The van der Waals surface area contributed by atoms with Gasteiger partial charge in [0.1, 0.15) is 24.6 Å². The third-order valence-corrected chi connectivity index (χ3v) is 5.71. The van der Waals surface area contributed by atoms with Gasteiger partial charge in [-0.2, -0.15) is 0 Å². The second kappa shape index (κ2) is 8.28. The van der Waals surface area contributed by atoms with E-state index in [-0.39, 0.29) is 12.1 Å². The van der Waals surface area contributed by atoms with Gasteiger partial charge < -0.3 is 14.4 Å². The molecule has 0 saturated carbocycles. The minimum Gasteiger partial charge on any atom is -0.474 e. The predicted molar refractivity (Wildman–Crippen MR) is 110 cm³/mol. The van der Waals surface area contributed by atoms with Crippen LogP contribution in [-0.2, 0) is 9.47 Å².